The highest BCUT2D eigenvalue weighted by Crippen LogP contribution is 2.27. The van der Waals surface area contributed by atoms with Gasteiger partial charge in [-0.25, -0.2) is 4.52 Å². The first-order chi connectivity index (χ1) is 10.3. The molecule has 102 valence electrons. The summed E-state index contributed by atoms with van der Waals surface area (Å²) in [5.74, 6) is 0. The van der Waals surface area contributed by atoms with Crippen LogP contribution in [0.2, 0.25) is 0 Å². The van der Waals surface area contributed by atoms with Crippen LogP contribution in [0.5, 0.6) is 0 Å². The van der Waals surface area contributed by atoms with E-state index in [9.17, 15) is 5.11 Å². The van der Waals surface area contributed by atoms with E-state index in [1.165, 1.54) is 0 Å². The number of nitrogens with zero attached hydrogens (tertiary/aromatic N) is 4. The Morgan fingerprint density at radius 1 is 1.10 bits per heavy atom. The number of hydrogen-bond donors (Lipinski definition) is 1. The maximum absolute atomic E-state index is 10.6. The van der Waals surface area contributed by atoms with E-state index in [4.69, 9.17) is 0 Å². The molecule has 3 heterocycles. The molecule has 0 amide bonds. The Hall–Kier alpha value is -2.79. The molecule has 0 radical (unpaired) electrons. The van der Waals surface area contributed by atoms with Crippen molar-refractivity contribution in [3.8, 4) is 0 Å². The first-order valence-electron chi connectivity index (χ1n) is 6.63. The lowest BCUT2D eigenvalue weighted by molar-refractivity contribution is 0.222. The van der Waals surface area contributed by atoms with E-state index in [2.05, 4.69) is 15.1 Å². The van der Waals surface area contributed by atoms with Crippen molar-refractivity contribution in [3.63, 3.8) is 0 Å². The summed E-state index contributed by atoms with van der Waals surface area (Å²) in [5.41, 5.74) is 3.27. The minimum atomic E-state index is -0.740. The Morgan fingerprint density at radius 2 is 2.05 bits per heavy atom. The van der Waals surface area contributed by atoms with E-state index >= 15 is 0 Å². The van der Waals surface area contributed by atoms with Crippen LogP contribution in [0.25, 0.3) is 16.4 Å². The number of aliphatic hydroxyl groups excluding tert-OH is 1. The predicted octanol–water partition coefficient (Wildman–Crippen LogP) is 2.36. The summed E-state index contributed by atoms with van der Waals surface area (Å²) in [6.07, 6.45) is 7.82. The maximum atomic E-state index is 10.6. The molecule has 0 bridgehead atoms. The van der Waals surface area contributed by atoms with E-state index < -0.39 is 6.10 Å². The van der Waals surface area contributed by atoms with Crippen LogP contribution in [0.1, 0.15) is 17.2 Å². The van der Waals surface area contributed by atoms with Gasteiger partial charge in [0, 0.05) is 29.5 Å². The van der Waals surface area contributed by atoms with Crippen molar-refractivity contribution >= 4 is 16.4 Å². The Balaban J connectivity index is 1.83. The van der Waals surface area contributed by atoms with Gasteiger partial charge in [-0.1, -0.05) is 12.1 Å². The van der Waals surface area contributed by atoms with Crippen LogP contribution in [0.3, 0.4) is 0 Å². The van der Waals surface area contributed by atoms with Crippen molar-refractivity contribution < 1.29 is 5.11 Å². The normalized spacial score (nSPS) is 12.8. The van der Waals surface area contributed by atoms with E-state index in [0.29, 0.717) is 0 Å². The molecule has 1 atom stereocenters. The van der Waals surface area contributed by atoms with Gasteiger partial charge in [-0.05, 0) is 23.8 Å². The summed E-state index contributed by atoms with van der Waals surface area (Å²) in [4.78, 5) is 8.38. The molecule has 0 aliphatic carbocycles. The fraction of sp³-hybridized carbons (Fsp3) is 0.0625. The number of benzene rings is 1. The van der Waals surface area contributed by atoms with Crippen LogP contribution in [-0.2, 0) is 0 Å². The van der Waals surface area contributed by atoms with Crippen LogP contribution in [-0.4, -0.2) is 24.7 Å². The summed E-state index contributed by atoms with van der Waals surface area (Å²) in [5, 5.41) is 15.9. The summed E-state index contributed by atoms with van der Waals surface area (Å²) < 4.78 is 1.70. The Kier molecular flexibility index (Phi) is 2.65. The number of pyridine rings is 1. The van der Waals surface area contributed by atoms with Gasteiger partial charge in [-0.15, -0.1) is 0 Å². The van der Waals surface area contributed by atoms with Gasteiger partial charge >= 0.3 is 0 Å². The van der Waals surface area contributed by atoms with Crippen molar-refractivity contribution in [2.24, 2.45) is 0 Å². The molecule has 1 aromatic carbocycles. The molecular weight excluding hydrogens is 264 g/mol. The molecule has 5 nitrogen and oxygen atoms in total. The topological polar surface area (TPSA) is 63.3 Å². The van der Waals surface area contributed by atoms with Crippen LogP contribution in [0.15, 0.2) is 61.3 Å². The number of rotatable bonds is 2. The highest BCUT2D eigenvalue weighted by Gasteiger charge is 2.16. The third-order valence-electron chi connectivity index (χ3n) is 3.59. The predicted molar refractivity (Wildman–Crippen MR) is 78.8 cm³/mol. The van der Waals surface area contributed by atoms with Gasteiger partial charge in [-0.3, -0.25) is 9.97 Å². The monoisotopic (exact) mass is 276 g/mol. The first-order valence-corrected chi connectivity index (χ1v) is 6.63. The minimum Gasteiger partial charge on any atom is -0.384 e. The molecule has 21 heavy (non-hydrogen) atoms. The molecule has 4 aromatic rings. The molecule has 4 rings (SSSR count). The first kappa shape index (κ1) is 12.0. The van der Waals surface area contributed by atoms with Gasteiger partial charge < -0.3 is 5.11 Å². The van der Waals surface area contributed by atoms with Crippen molar-refractivity contribution in [2.75, 3.05) is 0 Å². The molecule has 1 N–H and O–H groups in total. The van der Waals surface area contributed by atoms with E-state index in [1.807, 2.05) is 30.3 Å². The summed E-state index contributed by atoms with van der Waals surface area (Å²) in [6, 6.07) is 9.62. The van der Waals surface area contributed by atoms with Gasteiger partial charge in [-0.2, -0.15) is 5.10 Å². The van der Waals surface area contributed by atoms with E-state index in [0.717, 1.165) is 27.5 Å². The van der Waals surface area contributed by atoms with Crippen LogP contribution < -0.4 is 0 Å². The second kappa shape index (κ2) is 4.64. The lowest BCUT2D eigenvalue weighted by Crippen LogP contribution is -1.99. The zero-order valence-electron chi connectivity index (χ0n) is 11.1. The molecule has 0 aliphatic heterocycles. The fourth-order valence-corrected chi connectivity index (χ4v) is 2.51. The summed E-state index contributed by atoms with van der Waals surface area (Å²) >= 11 is 0. The SMILES string of the molecule is OC(c1ccc2ncccc2c1)c1cnn2ccncc12. The van der Waals surface area contributed by atoms with Crippen molar-refractivity contribution in [3.05, 3.63) is 72.4 Å². The quantitative estimate of drug-likeness (QED) is 0.610. The summed E-state index contributed by atoms with van der Waals surface area (Å²) in [6.45, 7) is 0. The average molecular weight is 276 g/mol. The highest BCUT2D eigenvalue weighted by atomic mass is 16.3. The van der Waals surface area contributed by atoms with Crippen molar-refractivity contribution in [1.82, 2.24) is 19.6 Å². The Labute approximate surface area is 120 Å². The molecule has 0 fully saturated rings. The molecule has 0 saturated carbocycles. The van der Waals surface area contributed by atoms with Crippen molar-refractivity contribution in [2.45, 2.75) is 6.10 Å². The molecule has 0 saturated heterocycles. The number of fused-ring (bicyclic) bond motifs is 2. The number of aliphatic hydroxyl groups is 1. The molecular formula is C16H12N4O. The van der Waals surface area contributed by atoms with E-state index in [1.54, 1.807) is 35.5 Å². The third-order valence-corrected chi connectivity index (χ3v) is 3.59. The molecule has 0 spiro atoms. The van der Waals surface area contributed by atoms with Gasteiger partial charge in [0.1, 0.15) is 6.10 Å². The van der Waals surface area contributed by atoms with Gasteiger partial charge in [0.15, 0.2) is 0 Å². The second-order valence-corrected chi connectivity index (χ2v) is 4.86. The van der Waals surface area contributed by atoms with Crippen LogP contribution in [0.4, 0.5) is 0 Å². The molecule has 0 aliphatic rings. The second-order valence-electron chi connectivity index (χ2n) is 4.86. The largest absolute Gasteiger partial charge is 0.384 e. The Morgan fingerprint density at radius 3 is 3.00 bits per heavy atom. The molecule has 3 aromatic heterocycles. The van der Waals surface area contributed by atoms with E-state index in [-0.39, 0.29) is 0 Å². The minimum absolute atomic E-state index is 0.740. The zero-order chi connectivity index (χ0) is 14.2. The zero-order valence-corrected chi connectivity index (χ0v) is 11.1. The van der Waals surface area contributed by atoms with Crippen molar-refractivity contribution in [1.29, 1.82) is 0 Å². The summed E-state index contributed by atoms with van der Waals surface area (Å²) in [7, 11) is 0. The average Bonchev–Trinajstić information content (AvgIpc) is 2.98. The molecule has 5 heteroatoms. The van der Waals surface area contributed by atoms with Gasteiger partial charge in [0.2, 0.25) is 0 Å². The Bertz CT molecular complexity index is 932. The maximum Gasteiger partial charge on any atom is 0.108 e. The third kappa shape index (κ3) is 1.95. The highest BCUT2D eigenvalue weighted by molar-refractivity contribution is 5.79. The smallest absolute Gasteiger partial charge is 0.108 e. The van der Waals surface area contributed by atoms with Gasteiger partial charge in [0.25, 0.3) is 0 Å². The lowest BCUT2D eigenvalue weighted by Gasteiger charge is -2.10. The van der Waals surface area contributed by atoms with Crippen LogP contribution in [0, 0.1) is 0 Å². The standard InChI is InChI=1S/C16H12N4O/c21-16(13-9-19-20-7-6-17-10-15(13)20)12-3-4-14-11(8-12)2-1-5-18-14/h1-10,16,21H. The van der Waals surface area contributed by atoms with Gasteiger partial charge in [0.05, 0.1) is 23.4 Å². The molecule has 1 unspecified atom stereocenters. The number of hydrogen-bond acceptors (Lipinski definition) is 4. The fourth-order valence-electron chi connectivity index (χ4n) is 2.51. The lowest BCUT2D eigenvalue weighted by atomic mass is 10.0. The number of aromatic nitrogens is 4. The van der Waals surface area contributed by atoms with Crippen LogP contribution >= 0.6 is 0 Å².